The predicted octanol–water partition coefficient (Wildman–Crippen LogP) is 2.65. The van der Waals surface area contributed by atoms with Crippen molar-refractivity contribution in [3.8, 4) is 11.5 Å². The number of piperidine rings is 1. The lowest BCUT2D eigenvalue weighted by Crippen LogP contribution is -2.48. The number of amides is 1. The smallest absolute Gasteiger partial charge is 0.258 e. The Morgan fingerprint density at radius 1 is 1.22 bits per heavy atom. The van der Waals surface area contributed by atoms with E-state index in [2.05, 4.69) is 27.0 Å². The van der Waals surface area contributed by atoms with Crippen LogP contribution in [0.2, 0.25) is 0 Å². The van der Waals surface area contributed by atoms with Gasteiger partial charge in [-0.3, -0.25) is 14.8 Å². The van der Waals surface area contributed by atoms with Gasteiger partial charge in [0.05, 0.1) is 6.42 Å². The van der Waals surface area contributed by atoms with E-state index in [4.69, 9.17) is 4.52 Å². The fourth-order valence-electron chi connectivity index (χ4n) is 3.50. The molecular weight excluding hydrogens is 342 g/mol. The monoisotopic (exact) mass is 363 g/mol. The van der Waals surface area contributed by atoms with Crippen molar-refractivity contribution in [2.75, 3.05) is 13.1 Å². The molecule has 27 heavy (non-hydrogen) atoms. The number of likely N-dealkylation sites (tertiary alicyclic amines) is 1. The van der Waals surface area contributed by atoms with Gasteiger partial charge < -0.3 is 9.42 Å². The molecule has 0 radical (unpaired) electrons. The highest BCUT2D eigenvalue weighted by Crippen LogP contribution is 2.33. The molecule has 7 nitrogen and oxygen atoms in total. The van der Waals surface area contributed by atoms with Crippen molar-refractivity contribution in [3.05, 3.63) is 60.4 Å². The molecule has 0 saturated carbocycles. The van der Waals surface area contributed by atoms with Crippen LogP contribution in [0.15, 0.2) is 53.6 Å². The van der Waals surface area contributed by atoms with Crippen molar-refractivity contribution < 1.29 is 9.32 Å². The molecule has 3 aromatic rings. The summed E-state index contributed by atoms with van der Waals surface area (Å²) in [6, 6.07) is 7.45. The standard InChI is InChI=1S/C20H21N5O2/c1-20(19-23-18(27-24-19)16-5-9-21-10-6-16)7-3-11-25(14-20)17(26)12-15-4-2-8-22-13-15/h2,4-6,8-10,13H,3,7,11-12,14H2,1H3. The first-order valence-corrected chi connectivity index (χ1v) is 9.05. The highest BCUT2D eigenvalue weighted by atomic mass is 16.5. The molecule has 1 atom stereocenters. The van der Waals surface area contributed by atoms with Gasteiger partial charge in [0.2, 0.25) is 5.91 Å². The van der Waals surface area contributed by atoms with Crippen molar-refractivity contribution in [1.82, 2.24) is 25.0 Å². The molecule has 0 bridgehead atoms. The molecular formula is C20H21N5O2. The lowest BCUT2D eigenvalue weighted by Gasteiger charge is -2.38. The number of aromatic nitrogens is 4. The van der Waals surface area contributed by atoms with Gasteiger partial charge in [0.15, 0.2) is 5.82 Å². The van der Waals surface area contributed by atoms with E-state index in [-0.39, 0.29) is 11.3 Å². The van der Waals surface area contributed by atoms with Gasteiger partial charge in [0, 0.05) is 48.9 Å². The number of pyridine rings is 2. The van der Waals surface area contributed by atoms with E-state index in [9.17, 15) is 4.79 Å². The maximum absolute atomic E-state index is 12.7. The summed E-state index contributed by atoms with van der Waals surface area (Å²) < 4.78 is 5.46. The normalized spacial score (nSPS) is 19.8. The summed E-state index contributed by atoms with van der Waals surface area (Å²) in [7, 11) is 0. The van der Waals surface area contributed by atoms with E-state index in [1.54, 1.807) is 24.8 Å². The van der Waals surface area contributed by atoms with Gasteiger partial charge in [-0.25, -0.2) is 0 Å². The Morgan fingerprint density at radius 3 is 2.85 bits per heavy atom. The number of hydrogen-bond donors (Lipinski definition) is 0. The van der Waals surface area contributed by atoms with Gasteiger partial charge in [-0.1, -0.05) is 18.1 Å². The molecule has 1 aliphatic rings. The summed E-state index contributed by atoms with van der Waals surface area (Å²) in [5, 5.41) is 4.21. The van der Waals surface area contributed by atoms with Crippen LogP contribution >= 0.6 is 0 Å². The zero-order valence-electron chi connectivity index (χ0n) is 15.2. The molecule has 3 aromatic heterocycles. The number of hydrogen-bond acceptors (Lipinski definition) is 6. The Morgan fingerprint density at radius 2 is 2.07 bits per heavy atom. The molecule has 0 spiro atoms. The summed E-state index contributed by atoms with van der Waals surface area (Å²) in [5.41, 5.74) is 1.44. The fraction of sp³-hybridized carbons (Fsp3) is 0.350. The zero-order chi connectivity index (χ0) is 18.7. The number of carbonyl (C=O) groups is 1. The second kappa shape index (κ2) is 7.26. The van der Waals surface area contributed by atoms with Gasteiger partial charge >= 0.3 is 0 Å². The van der Waals surface area contributed by atoms with E-state index >= 15 is 0 Å². The maximum Gasteiger partial charge on any atom is 0.258 e. The Labute approximate surface area is 157 Å². The van der Waals surface area contributed by atoms with Gasteiger partial charge in [-0.05, 0) is 36.6 Å². The van der Waals surface area contributed by atoms with Crippen molar-refractivity contribution in [2.45, 2.75) is 31.6 Å². The molecule has 138 valence electrons. The molecule has 1 aliphatic heterocycles. The maximum atomic E-state index is 12.7. The van der Waals surface area contributed by atoms with Crippen molar-refractivity contribution in [2.24, 2.45) is 0 Å². The highest BCUT2D eigenvalue weighted by molar-refractivity contribution is 5.79. The lowest BCUT2D eigenvalue weighted by atomic mass is 9.81. The van der Waals surface area contributed by atoms with Crippen LogP contribution in [0.1, 0.15) is 31.2 Å². The van der Waals surface area contributed by atoms with E-state index in [0.29, 0.717) is 24.7 Å². The van der Waals surface area contributed by atoms with Gasteiger partial charge in [-0.15, -0.1) is 0 Å². The Hall–Kier alpha value is -3.09. The van der Waals surface area contributed by atoms with Crippen molar-refractivity contribution in [1.29, 1.82) is 0 Å². The van der Waals surface area contributed by atoms with Crippen LogP contribution in [0.5, 0.6) is 0 Å². The molecule has 1 amide bonds. The minimum Gasteiger partial charge on any atom is -0.341 e. The molecule has 4 rings (SSSR count). The van der Waals surface area contributed by atoms with E-state index in [0.717, 1.165) is 30.5 Å². The topological polar surface area (TPSA) is 85.0 Å². The van der Waals surface area contributed by atoms with Crippen LogP contribution in [0.4, 0.5) is 0 Å². The average Bonchev–Trinajstić information content (AvgIpc) is 3.21. The molecule has 1 unspecified atom stereocenters. The molecule has 4 heterocycles. The van der Waals surface area contributed by atoms with E-state index in [1.807, 2.05) is 29.2 Å². The van der Waals surface area contributed by atoms with Crippen LogP contribution < -0.4 is 0 Å². The summed E-state index contributed by atoms with van der Waals surface area (Å²) in [6.45, 7) is 3.43. The van der Waals surface area contributed by atoms with Crippen LogP contribution in [0.3, 0.4) is 0 Å². The third kappa shape index (κ3) is 3.72. The quantitative estimate of drug-likeness (QED) is 0.708. The fourth-order valence-corrected chi connectivity index (χ4v) is 3.50. The largest absolute Gasteiger partial charge is 0.341 e. The Balaban J connectivity index is 1.50. The van der Waals surface area contributed by atoms with Crippen molar-refractivity contribution >= 4 is 5.91 Å². The Kier molecular flexibility index (Phi) is 4.66. The molecule has 1 saturated heterocycles. The summed E-state index contributed by atoms with van der Waals surface area (Å²) in [6.07, 6.45) is 9.02. The minimum atomic E-state index is -0.322. The van der Waals surface area contributed by atoms with Gasteiger partial charge in [0.25, 0.3) is 5.89 Å². The number of rotatable bonds is 4. The summed E-state index contributed by atoms with van der Waals surface area (Å²) >= 11 is 0. The Bertz CT molecular complexity index is 912. The van der Waals surface area contributed by atoms with Crippen LogP contribution in [0.25, 0.3) is 11.5 Å². The van der Waals surface area contributed by atoms with Gasteiger partial charge in [0.1, 0.15) is 0 Å². The second-order valence-corrected chi connectivity index (χ2v) is 7.18. The van der Waals surface area contributed by atoms with Crippen LogP contribution in [-0.2, 0) is 16.6 Å². The minimum absolute atomic E-state index is 0.103. The summed E-state index contributed by atoms with van der Waals surface area (Å²) in [5.74, 6) is 1.23. The second-order valence-electron chi connectivity index (χ2n) is 7.18. The van der Waals surface area contributed by atoms with Crippen molar-refractivity contribution in [3.63, 3.8) is 0 Å². The number of carbonyl (C=O) groups excluding carboxylic acids is 1. The molecule has 1 fully saturated rings. The van der Waals surface area contributed by atoms with Crippen LogP contribution in [-0.4, -0.2) is 44.0 Å². The molecule has 0 N–H and O–H groups in total. The SMILES string of the molecule is CC1(c2noc(-c3ccncc3)n2)CCCN(C(=O)Cc2cccnc2)C1. The lowest BCUT2D eigenvalue weighted by molar-refractivity contribution is -0.132. The average molecular weight is 363 g/mol. The van der Waals surface area contributed by atoms with E-state index in [1.165, 1.54) is 0 Å². The first-order valence-electron chi connectivity index (χ1n) is 9.05. The van der Waals surface area contributed by atoms with Gasteiger partial charge in [-0.2, -0.15) is 4.98 Å². The highest BCUT2D eigenvalue weighted by Gasteiger charge is 2.38. The molecule has 0 aliphatic carbocycles. The zero-order valence-corrected chi connectivity index (χ0v) is 15.2. The first-order chi connectivity index (χ1) is 13.1. The number of nitrogens with zero attached hydrogens (tertiary/aromatic N) is 5. The third-order valence-corrected chi connectivity index (χ3v) is 5.02. The first kappa shape index (κ1) is 17.3. The third-order valence-electron chi connectivity index (χ3n) is 5.02. The molecule has 0 aromatic carbocycles. The predicted molar refractivity (Wildman–Crippen MR) is 98.6 cm³/mol. The van der Waals surface area contributed by atoms with Crippen LogP contribution in [0, 0.1) is 0 Å². The molecule has 7 heteroatoms. The summed E-state index contributed by atoms with van der Waals surface area (Å²) in [4.78, 5) is 27.3. The van der Waals surface area contributed by atoms with E-state index < -0.39 is 0 Å².